The second-order valence-electron chi connectivity index (χ2n) is 3.97. The summed E-state index contributed by atoms with van der Waals surface area (Å²) in [6.45, 7) is 2.31. The highest BCUT2D eigenvalue weighted by Crippen LogP contribution is 2.33. The lowest BCUT2D eigenvalue weighted by Crippen LogP contribution is -2.33. The summed E-state index contributed by atoms with van der Waals surface area (Å²) in [4.78, 5) is 23.5. The molecule has 2 aromatic rings. The summed E-state index contributed by atoms with van der Waals surface area (Å²) in [5.41, 5.74) is 2.64. The lowest BCUT2D eigenvalue weighted by atomic mass is 10.1. The minimum atomic E-state index is -0.568. The molecule has 0 saturated heterocycles. The molecular formula is C12H15N5O2S. The number of benzene rings is 1. The predicted octanol–water partition coefficient (Wildman–Crippen LogP) is 0.415. The minimum Gasteiger partial charge on any atom is -0.293 e. The first-order chi connectivity index (χ1) is 9.67. The summed E-state index contributed by atoms with van der Waals surface area (Å²) in [7, 11) is 0. The number of rotatable bonds is 5. The van der Waals surface area contributed by atoms with Crippen LogP contribution in [0.5, 0.6) is 0 Å². The Morgan fingerprint density at radius 1 is 1.50 bits per heavy atom. The second-order valence-corrected chi connectivity index (χ2v) is 5.05. The zero-order valence-corrected chi connectivity index (χ0v) is 11.7. The van der Waals surface area contributed by atoms with Gasteiger partial charge in [0.2, 0.25) is 0 Å². The number of nitrogens with zero attached hydrogens (tertiary/aromatic N) is 2. The van der Waals surface area contributed by atoms with Crippen LogP contribution in [-0.2, 0) is 11.3 Å². The highest BCUT2D eigenvalue weighted by atomic mass is 32.2. The largest absolute Gasteiger partial charge is 0.343 e. The molecule has 7 nitrogen and oxygen atoms in total. The van der Waals surface area contributed by atoms with E-state index in [-0.39, 0.29) is 11.6 Å². The predicted molar refractivity (Wildman–Crippen MR) is 75.9 cm³/mol. The summed E-state index contributed by atoms with van der Waals surface area (Å²) in [6.07, 6.45) is 0. The molecule has 1 aromatic heterocycles. The quantitative estimate of drug-likeness (QED) is 0.320. The molecule has 1 amide bonds. The fourth-order valence-electron chi connectivity index (χ4n) is 1.75. The van der Waals surface area contributed by atoms with Crippen LogP contribution in [0.2, 0.25) is 0 Å². The molecule has 0 aliphatic heterocycles. The van der Waals surface area contributed by atoms with Gasteiger partial charge in [-0.05, 0) is 12.5 Å². The number of hydrogen-bond acceptors (Lipinski definition) is 5. The number of H-pyrrole nitrogens is 1. The molecule has 8 heteroatoms. The number of nitrogens with one attached hydrogen (secondary N) is 2. The van der Waals surface area contributed by atoms with Crippen molar-refractivity contribution in [3.63, 3.8) is 0 Å². The van der Waals surface area contributed by atoms with Gasteiger partial charge in [-0.3, -0.25) is 14.8 Å². The average Bonchev–Trinajstić information content (AvgIpc) is 2.84. The Bertz CT molecular complexity index is 637. The summed E-state index contributed by atoms with van der Waals surface area (Å²) >= 11 is 1.18. The first-order valence-corrected chi connectivity index (χ1v) is 6.92. The number of hydrazine groups is 1. The standard InChI is InChI=1S/C12H15N5O2S/c1-2-17-11(19)15-16-12(17)20-9(10(18)14-13)8-6-4-3-5-7-8/h3-7,9H,2,13H2,1H3,(H,14,18)(H,15,19). The van der Waals surface area contributed by atoms with Crippen LogP contribution in [0.25, 0.3) is 0 Å². The molecule has 1 heterocycles. The van der Waals surface area contributed by atoms with E-state index in [4.69, 9.17) is 5.84 Å². The van der Waals surface area contributed by atoms with Crippen molar-refractivity contribution < 1.29 is 4.79 Å². The van der Waals surface area contributed by atoms with Crippen molar-refractivity contribution in [1.29, 1.82) is 0 Å². The Labute approximate surface area is 119 Å². The number of amides is 1. The lowest BCUT2D eigenvalue weighted by Gasteiger charge is -2.14. The van der Waals surface area contributed by atoms with Gasteiger partial charge in [-0.25, -0.2) is 15.7 Å². The normalized spacial score (nSPS) is 12.1. The van der Waals surface area contributed by atoms with E-state index < -0.39 is 5.25 Å². The molecule has 20 heavy (non-hydrogen) atoms. The van der Waals surface area contributed by atoms with Crippen LogP contribution in [0, 0.1) is 0 Å². The SMILES string of the molecule is CCn1c(SC(C(=O)NN)c2ccccc2)n[nH]c1=O. The molecule has 0 bridgehead atoms. The van der Waals surface area contributed by atoms with Crippen LogP contribution < -0.4 is 17.0 Å². The van der Waals surface area contributed by atoms with E-state index in [1.54, 1.807) is 0 Å². The van der Waals surface area contributed by atoms with Crippen LogP contribution in [0.1, 0.15) is 17.7 Å². The van der Waals surface area contributed by atoms with Gasteiger partial charge in [0.25, 0.3) is 5.91 Å². The fraction of sp³-hybridized carbons (Fsp3) is 0.250. The van der Waals surface area contributed by atoms with Crippen molar-refractivity contribution in [2.75, 3.05) is 0 Å². The third kappa shape index (κ3) is 2.91. The number of aromatic amines is 1. The molecule has 106 valence electrons. The van der Waals surface area contributed by atoms with Crippen molar-refractivity contribution in [2.45, 2.75) is 23.9 Å². The van der Waals surface area contributed by atoms with Crippen molar-refractivity contribution in [1.82, 2.24) is 20.2 Å². The molecule has 0 radical (unpaired) electrons. The van der Waals surface area contributed by atoms with E-state index in [1.165, 1.54) is 16.3 Å². The van der Waals surface area contributed by atoms with Gasteiger partial charge in [0, 0.05) is 6.54 Å². The Morgan fingerprint density at radius 3 is 2.80 bits per heavy atom. The maximum atomic E-state index is 11.9. The third-order valence-electron chi connectivity index (χ3n) is 2.75. The number of aromatic nitrogens is 3. The smallest absolute Gasteiger partial charge is 0.293 e. The number of nitrogens with two attached hydrogens (primary N) is 1. The van der Waals surface area contributed by atoms with Crippen LogP contribution in [-0.4, -0.2) is 20.7 Å². The Hall–Kier alpha value is -2.06. The Morgan fingerprint density at radius 2 is 2.20 bits per heavy atom. The van der Waals surface area contributed by atoms with Crippen molar-refractivity contribution in [2.24, 2.45) is 5.84 Å². The highest BCUT2D eigenvalue weighted by Gasteiger charge is 2.24. The number of thioether (sulfide) groups is 1. The number of carbonyl (C=O) groups is 1. The first-order valence-electron chi connectivity index (χ1n) is 6.04. The Balaban J connectivity index is 2.34. The zero-order valence-electron chi connectivity index (χ0n) is 10.9. The molecule has 0 aliphatic carbocycles. The highest BCUT2D eigenvalue weighted by molar-refractivity contribution is 8.00. The first kappa shape index (κ1) is 14.4. The molecule has 0 fully saturated rings. The van der Waals surface area contributed by atoms with Gasteiger partial charge >= 0.3 is 5.69 Å². The van der Waals surface area contributed by atoms with E-state index >= 15 is 0 Å². The van der Waals surface area contributed by atoms with E-state index in [0.717, 1.165) is 5.56 Å². The Kier molecular flexibility index (Phi) is 4.59. The molecule has 4 N–H and O–H groups in total. The monoisotopic (exact) mass is 293 g/mol. The van der Waals surface area contributed by atoms with E-state index in [1.807, 2.05) is 37.3 Å². The van der Waals surface area contributed by atoms with Gasteiger partial charge in [-0.15, -0.1) is 5.10 Å². The van der Waals surface area contributed by atoms with Crippen molar-refractivity contribution in [3.05, 3.63) is 46.4 Å². The maximum Gasteiger partial charge on any atom is 0.343 e. The summed E-state index contributed by atoms with van der Waals surface area (Å²) in [6, 6.07) is 9.19. The van der Waals surface area contributed by atoms with Gasteiger partial charge < -0.3 is 0 Å². The molecule has 0 saturated carbocycles. The summed E-state index contributed by atoms with van der Waals surface area (Å²) in [5.74, 6) is 4.88. The number of carbonyl (C=O) groups excluding carboxylic acids is 1. The van der Waals surface area contributed by atoms with Crippen LogP contribution in [0.3, 0.4) is 0 Å². The van der Waals surface area contributed by atoms with Gasteiger partial charge in [0.1, 0.15) is 5.25 Å². The molecular weight excluding hydrogens is 278 g/mol. The third-order valence-corrected chi connectivity index (χ3v) is 3.99. The van der Waals surface area contributed by atoms with Crippen LogP contribution in [0.4, 0.5) is 0 Å². The van der Waals surface area contributed by atoms with Crippen molar-refractivity contribution >= 4 is 17.7 Å². The van der Waals surface area contributed by atoms with E-state index in [2.05, 4.69) is 15.6 Å². The van der Waals surface area contributed by atoms with Gasteiger partial charge in [0.15, 0.2) is 5.16 Å². The molecule has 1 unspecified atom stereocenters. The van der Waals surface area contributed by atoms with E-state index in [0.29, 0.717) is 11.7 Å². The van der Waals surface area contributed by atoms with Gasteiger partial charge in [-0.1, -0.05) is 42.1 Å². The van der Waals surface area contributed by atoms with E-state index in [9.17, 15) is 9.59 Å². The fourth-order valence-corrected chi connectivity index (χ4v) is 2.87. The van der Waals surface area contributed by atoms with Gasteiger partial charge in [0.05, 0.1) is 0 Å². The molecule has 1 atom stereocenters. The lowest BCUT2D eigenvalue weighted by molar-refractivity contribution is -0.120. The van der Waals surface area contributed by atoms with Gasteiger partial charge in [-0.2, -0.15) is 0 Å². The summed E-state index contributed by atoms with van der Waals surface area (Å²) in [5, 5.41) is 6.20. The topological polar surface area (TPSA) is 106 Å². The average molecular weight is 293 g/mol. The molecule has 0 aliphatic rings. The maximum absolute atomic E-state index is 11.9. The second kappa shape index (κ2) is 6.40. The van der Waals surface area contributed by atoms with Crippen LogP contribution >= 0.6 is 11.8 Å². The molecule has 1 aromatic carbocycles. The molecule has 2 rings (SSSR count). The van der Waals surface area contributed by atoms with Crippen molar-refractivity contribution in [3.8, 4) is 0 Å². The summed E-state index contributed by atoms with van der Waals surface area (Å²) < 4.78 is 1.46. The zero-order chi connectivity index (χ0) is 14.5. The van der Waals surface area contributed by atoms with Crippen LogP contribution in [0.15, 0.2) is 40.3 Å². The number of hydrogen-bond donors (Lipinski definition) is 3. The molecule has 0 spiro atoms. The minimum absolute atomic E-state index is 0.296.